The van der Waals surface area contributed by atoms with Crippen molar-refractivity contribution in [3.05, 3.63) is 84.1 Å². The summed E-state index contributed by atoms with van der Waals surface area (Å²) >= 11 is 0. The number of hydrogen-bond acceptors (Lipinski definition) is 4. The molecule has 128 valence electrons. The number of sulfonamides is 1. The third-order valence-corrected chi connectivity index (χ3v) is 4.93. The zero-order chi connectivity index (χ0) is 17.7. The van der Waals surface area contributed by atoms with Crippen LogP contribution in [-0.4, -0.2) is 13.4 Å². The van der Waals surface area contributed by atoms with Crippen LogP contribution in [0.5, 0.6) is 5.75 Å². The maximum Gasteiger partial charge on any atom is 0.263 e. The highest BCUT2D eigenvalue weighted by atomic mass is 32.2. The van der Waals surface area contributed by atoms with Gasteiger partial charge in [-0.3, -0.25) is 4.72 Å². The lowest BCUT2D eigenvalue weighted by atomic mass is 10.2. The molecule has 0 aliphatic heterocycles. The van der Waals surface area contributed by atoms with Crippen molar-refractivity contribution in [2.24, 2.45) is 0 Å². The fourth-order valence-corrected chi connectivity index (χ4v) is 3.24. The quantitative estimate of drug-likeness (QED) is 0.732. The molecule has 0 unspecified atom stereocenters. The first kappa shape index (κ1) is 17.0. The predicted octanol–water partition coefficient (Wildman–Crippen LogP) is 3.77. The van der Waals surface area contributed by atoms with Crippen molar-refractivity contribution in [1.82, 2.24) is 4.98 Å². The molecule has 0 radical (unpaired) electrons. The average molecular weight is 354 g/mol. The van der Waals surface area contributed by atoms with Crippen molar-refractivity contribution in [1.29, 1.82) is 0 Å². The topological polar surface area (TPSA) is 68.3 Å². The Balaban J connectivity index is 1.79. The van der Waals surface area contributed by atoms with E-state index in [0.29, 0.717) is 12.4 Å². The summed E-state index contributed by atoms with van der Waals surface area (Å²) in [6.07, 6.45) is 1.52. The molecule has 0 fully saturated rings. The standard InChI is InChI=1S/C19H18N2O3S/c1-15-9-11-17(12-10-15)25(22,23)21-19-18(8-5-13-20-19)24-14-16-6-3-2-4-7-16/h2-13H,14H2,1H3,(H,20,21). The zero-order valence-corrected chi connectivity index (χ0v) is 14.5. The van der Waals surface area contributed by atoms with Crippen molar-refractivity contribution in [3.63, 3.8) is 0 Å². The van der Waals surface area contributed by atoms with Gasteiger partial charge >= 0.3 is 0 Å². The molecule has 2 aromatic carbocycles. The number of aromatic nitrogens is 1. The largest absolute Gasteiger partial charge is 0.485 e. The minimum atomic E-state index is -3.73. The smallest absolute Gasteiger partial charge is 0.263 e. The molecular formula is C19H18N2O3S. The molecule has 1 aromatic heterocycles. The van der Waals surface area contributed by atoms with Crippen LogP contribution in [0.2, 0.25) is 0 Å². The van der Waals surface area contributed by atoms with Gasteiger partial charge in [0.1, 0.15) is 6.61 Å². The lowest BCUT2D eigenvalue weighted by Gasteiger charge is -2.12. The number of ether oxygens (including phenoxy) is 1. The molecule has 5 nitrogen and oxygen atoms in total. The van der Waals surface area contributed by atoms with Crippen LogP contribution in [0, 0.1) is 6.92 Å². The Kier molecular flexibility index (Phi) is 5.00. The predicted molar refractivity (Wildman–Crippen MR) is 97.0 cm³/mol. The van der Waals surface area contributed by atoms with E-state index in [-0.39, 0.29) is 10.7 Å². The lowest BCUT2D eigenvalue weighted by molar-refractivity contribution is 0.307. The third kappa shape index (κ3) is 4.36. The molecule has 25 heavy (non-hydrogen) atoms. The molecular weight excluding hydrogens is 336 g/mol. The Bertz CT molecular complexity index is 940. The van der Waals surface area contributed by atoms with Gasteiger partial charge in [-0.25, -0.2) is 13.4 Å². The molecule has 0 spiro atoms. The first-order valence-corrected chi connectivity index (χ1v) is 9.24. The van der Waals surface area contributed by atoms with E-state index in [1.165, 1.54) is 6.20 Å². The van der Waals surface area contributed by atoms with Crippen molar-refractivity contribution < 1.29 is 13.2 Å². The number of nitrogens with zero attached hydrogens (tertiary/aromatic N) is 1. The number of pyridine rings is 1. The molecule has 0 saturated carbocycles. The molecule has 0 amide bonds. The van der Waals surface area contributed by atoms with Gasteiger partial charge in [0.15, 0.2) is 11.6 Å². The van der Waals surface area contributed by atoms with Crippen LogP contribution in [0.1, 0.15) is 11.1 Å². The summed E-state index contributed by atoms with van der Waals surface area (Å²) in [5, 5.41) is 0. The second-order valence-electron chi connectivity index (χ2n) is 5.54. The van der Waals surface area contributed by atoms with Gasteiger partial charge in [0.25, 0.3) is 10.0 Å². The van der Waals surface area contributed by atoms with Gasteiger partial charge in [-0.05, 0) is 36.8 Å². The van der Waals surface area contributed by atoms with Gasteiger partial charge in [0.05, 0.1) is 4.90 Å². The van der Waals surface area contributed by atoms with E-state index < -0.39 is 10.0 Å². The van der Waals surface area contributed by atoms with Crippen LogP contribution >= 0.6 is 0 Å². The highest BCUT2D eigenvalue weighted by Crippen LogP contribution is 2.25. The van der Waals surface area contributed by atoms with Crippen molar-refractivity contribution >= 4 is 15.8 Å². The van der Waals surface area contributed by atoms with E-state index >= 15 is 0 Å². The minimum absolute atomic E-state index is 0.166. The number of anilines is 1. The Morgan fingerprint density at radius 1 is 0.960 bits per heavy atom. The molecule has 0 saturated heterocycles. The number of rotatable bonds is 6. The average Bonchev–Trinajstić information content (AvgIpc) is 2.62. The molecule has 1 N–H and O–H groups in total. The minimum Gasteiger partial charge on any atom is -0.485 e. The molecule has 0 aliphatic rings. The van der Waals surface area contributed by atoms with Gasteiger partial charge in [0, 0.05) is 6.20 Å². The maximum absolute atomic E-state index is 12.5. The fourth-order valence-electron chi connectivity index (χ4n) is 2.22. The van der Waals surface area contributed by atoms with Gasteiger partial charge in [-0.1, -0.05) is 48.0 Å². The Hall–Kier alpha value is -2.86. The highest BCUT2D eigenvalue weighted by molar-refractivity contribution is 7.92. The van der Waals surface area contributed by atoms with E-state index in [2.05, 4.69) is 9.71 Å². The highest BCUT2D eigenvalue weighted by Gasteiger charge is 2.17. The zero-order valence-electron chi connectivity index (χ0n) is 13.7. The first-order chi connectivity index (χ1) is 12.0. The summed E-state index contributed by atoms with van der Waals surface area (Å²) in [5.41, 5.74) is 1.97. The van der Waals surface area contributed by atoms with Crippen LogP contribution in [0.15, 0.2) is 77.8 Å². The maximum atomic E-state index is 12.5. The number of hydrogen-bond donors (Lipinski definition) is 1. The summed E-state index contributed by atoms with van der Waals surface area (Å²) in [4.78, 5) is 4.28. The molecule has 6 heteroatoms. The normalized spacial score (nSPS) is 11.1. The fraction of sp³-hybridized carbons (Fsp3) is 0.105. The third-order valence-electron chi connectivity index (χ3n) is 3.57. The molecule has 3 rings (SSSR count). The van der Waals surface area contributed by atoms with Gasteiger partial charge in [-0.2, -0.15) is 0 Å². The number of benzene rings is 2. The Morgan fingerprint density at radius 2 is 1.68 bits per heavy atom. The molecule has 0 aliphatic carbocycles. The van der Waals surface area contributed by atoms with Crippen LogP contribution in [0.4, 0.5) is 5.82 Å². The summed E-state index contributed by atoms with van der Waals surface area (Å²) in [6.45, 7) is 2.23. The summed E-state index contributed by atoms with van der Waals surface area (Å²) in [5.74, 6) is 0.543. The lowest BCUT2D eigenvalue weighted by Crippen LogP contribution is -2.15. The Labute approximate surface area is 147 Å². The SMILES string of the molecule is Cc1ccc(S(=O)(=O)Nc2ncccc2OCc2ccccc2)cc1. The second-order valence-corrected chi connectivity index (χ2v) is 7.23. The summed E-state index contributed by atoms with van der Waals surface area (Å²) in [7, 11) is -3.73. The van der Waals surface area contributed by atoms with Crippen LogP contribution < -0.4 is 9.46 Å². The molecule has 0 atom stereocenters. The van der Waals surface area contributed by atoms with Crippen LogP contribution in [0.25, 0.3) is 0 Å². The molecule has 1 heterocycles. The van der Waals surface area contributed by atoms with Crippen molar-refractivity contribution in [3.8, 4) is 5.75 Å². The summed E-state index contributed by atoms with van der Waals surface area (Å²) < 4.78 is 33.3. The van der Waals surface area contributed by atoms with Gasteiger partial charge < -0.3 is 4.74 Å². The first-order valence-electron chi connectivity index (χ1n) is 7.76. The van der Waals surface area contributed by atoms with Gasteiger partial charge in [0.2, 0.25) is 0 Å². The van der Waals surface area contributed by atoms with Crippen molar-refractivity contribution in [2.45, 2.75) is 18.4 Å². The van der Waals surface area contributed by atoms with E-state index in [9.17, 15) is 8.42 Å². The van der Waals surface area contributed by atoms with E-state index in [1.54, 1.807) is 36.4 Å². The molecule has 0 bridgehead atoms. The van der Waals surface area contributed by atoms with Crippen LogP contribution in [-0.2, 0) is 16.6 Å². The number of aryl methyl sites for hydroxylation is 1. The number of nitrogens with one attached hydrogen (secondary N) is 1. The van der Waals surface area contributed by atoms with E-state index in [0.717, 1.165) is 11.1 Å². The van der Waals surface area contributed by atoms with Crippen molar-refractivity contribution in [2.75, 3.05) is 4.72 Å². The van der Waals surface area contributed by atoms with Crippen LogP contribution in [0.3, 0.4) is 0 Å². The van der Waals surface area contributed by atoms with E-state index in [1.807, 2.05) is 37.3 Å². The summed E-state index contributed by atoms with van der Waals surface area (Å²) in [6, 6.07) is 19.6. The monoisotopic (exact) mass is 354 g/mol. The second kappa shape index (κ2) is 7.36. The Morgan fingerprint density at radius 3 is 2.40 bits per heavy atom. The molecule has 3 aromatic rings. The van der Waals surface area contributed by atoms with Gasteiger partial charge in [-0.15, -0.1) is 0 Å². The van der Waals surface area contributed by atoms with E-state index in [4.69, 9.17) is 4.74 Å².